The molecular formula is C15H20BrN3O. The van der Waals surface area contributed by atoms with Crippen LogP contribution in [-0.2, 0) is 13.6 Å². The van der Waals surface area contributed by atoms with E-state index in [-0.39, 0.29) is 6.04 Å². The van der Waals surface area contributed by atoms with Crippen LogP contribution in [0.25, 0.3) is 0 Å². The van der Waals surface area contributed by atoms with E-state index in [1.807, 2.05) is 14.0 Å². The van der Waals surface area contributed by atoms with Crippen molar-refractivity contribution in [3.63, 3.8) is 0 Å². The van der Waals surface area contributed by atoms with E-state index in [0.29, 0.717) is 0 Å². The van der Waals surface area contributed by atoms with Crippen LogP contribution in [0.1, 0.15) is 29.8 Å². The fraction of sp³-hybridized carbons (Fsp3) is 0.400. The average molecular weight is 338 g/mol. The summed E-state index contributed by atoms with van der Waals surface area (Å²) in [6.07, 6.45) is 0. The molecule has 0 spiro atoms. The molecule has 1 heterocycles. The van der Waals surface area contributed by atoms with Crippen LogP contribution in [0, 0.1) is 6.92 Å². The Morgan fingerprint density at radius 1 is 1.35 bits per heavy atom. The molecule has 0 saturated carbocycles. The normalized spacial score (nSPS) is 12.4. The predicted molar refractivity (Wildman–Crippen MR) is 83.9 cm³/mol. The maximum absolute atomic E-state index is 5.40. The van der Waals surface area contributed by atoms with Gasteiger partial charge in [-0.05, 0) is 31.5 Å². The summed E-state index contributed by atoms with van der Waals surface area (Å²) in [5, 5.41) is 7.90. The topological polar surface area (TPSA) is 39.1 Å². The smallest absolute Gasteiger partial charge is 0.216 e. The number of aromatic nitrogens is 2. The van der Waals surface area contributed by atoms with Crippen LogP contribution in [0.15, 0.2) is 28.7 Å². The van der Waals surface area contributed by atoms with E-state index in [1.54, 1.807) is 11.8 Å². The van der Waals surface area contributed by atoms with Crippen LogP contribution in [-0.4, -0.2) is 16.9 Å². The lowest BCUT2D eigenvalue weighted by Crippen LogP contribution is -2.18. The number of hydrogen-bond acceptors (Lipinski definition) is 3. The third kappa shape index (κ3) is 3.22. The monoisotopic (exact) mass is 337 g/mol. The summed E-state index contributed by atoms with van der Waals surface area (Å²) in [6, 6.07) is 8.63. The van der Waals surface area contributed by atoms with Crippen molar-refractivity contribution in [1.29, 1.82) is 0 Å². The van der Waals surface area contributed by atoms with Crippen LogP contribution >= 0.6 is 15.9 Å². The van der Waals surface area contributed by atoms with Crippen molar-refractivity contribution in [2.24, 2.45) is 7.05 Å². The van der Waals surface area contributed by atoms with Crippen LogP contribution in [0.4, 0.5) is 0 Å². The molecule has 0 amide bonds. The van der Waals surface area contributed by atoms with Gasteiger partial charge in [0.25, 0.3) is 0 Å². The average Bonchev–Trinajstić information content (AvgIpc) is 2.70. The summed E-state index contributed by atoms with van der Waals surface area (Å²) in [4.78, 5) is 0. The maximum atomic E-state index is 5.40. The molecule has 2 rings (SSSR count). The van der Waals surface area contributed by atoms with Crippen LogP contribution in [0.3, 0.4) is 0 Å². The maximum Gasteiger partial charge on any atom is 0.216 e. The van der Waals surface area contributed by atoms with E-state index >= 15 is 0 Å². The van der Waals surface area contributed by atoms with Gasteiger partial charge >= 0.3 is 0 Å². The first kappa shape index (κ1) is 15.1. The van der Waals surface area contributed by atoms with Crippen LogP contribution in [0.5, 0.6) is 5.88 Å². The lowest BCUT2D eigenvalue weighted by molar-refractivity contribution is 0.367. The molecule has 0 radical (unpaired) electrons. The molecule has 1 aromatic carbocycles. The first-order valence-corrected chi connectivity index (χ1v) is 7.37. The SMILES string of the molecule is COc1c(CNC(C)c2ccc(Br)cc2)c(C)nn1C. The van der Waals surface area contributed by atoms with Gasteiger partial charge in [-0.3, -0.25) is 0 Å². The number of nitrogens with zero attached hydrogens (tertiary/aromatic N) is 2. The Morgan fingerprint density at radius 3 is 2.60 bits per heavy atom. The minimum Gasteiger partial charge on any atom is -0.481 e. The van der Waals surface area contributed by atoms with Crippen molar-refractivity contribution in [2.45, 2.75) is 26.4 Å². The summed E-state index contributed by atoms with van der Waals surface area (Å²) in [5.41, 5.74) is 3.37. The molecule has 20 heavy (non-hydrogen) atoms. The molecule has 1 aromatic heterocycles. The fourth-order valence-electron chi connectivity index (χ4n) is 2.26. The molecular weight excluding hydrogens is 318 g/mol. The molecule has 108 valence electrons. The highest BCUT2D eigenvalue weighted by molar-refractivity contribution is 9.10. The molecule has 1 atom stereocenters. The van der Waals surface area contributed by atoms with Gasteiger partial charge in [0, 0.05) is 24.1 Å². The molecule has 2 aromatic rings. The van der Waals surface area contributed by atoms with Gasteiger partial charge in [-0.2, -0.15) is 5.10 Å². The summed E-state index contributed by atoms with van der Waals surface area (Å²) < 4.78 is 8.27. The standard InChI is InChI=1S/C15H20BrN3O/c1-10(12-5-7-13(16)8-6-12)17-9-14-11(2)18-19(3)15(14)20-4/h5-8,10,17H,9H2,1-4H3. The van der Waals surface area contributed by atoms with E-state index in [1.165, 1.54) is 5.56 Å². The second-order valence-electron chi connectivity index (χ2n) is 4.85. The van der Waals surface area contributed by atoms with Gasteiger partial charge in [0.15, 0.2) is 0 Å². The van der Waals surface area contributed by atoms with E-state index in [2.05, 4.69) is 57.5 Å². The molecule has 5 heteroatoms. The van der Waals surface area contributed by atoms with Gasteiger partial charge in [0.05, 0.1) is 18.4 Å². The van der Waals surface area contributed by atoms with Crippen LogP contribution < -0.4 is 10.1 Å². The third-order valence-electron chi connectivity index (χ3n) is 3.44. The quantitative estimate of drug-likeness (QED) is 0.909. The van der Waals surface area contributed by atoms with E-state index in [4.69, 9.17) is 4.74 Å². The van der Waals surface area contributed by atoms with Crippen molar-refractivity contribution in [3.05, 3.63) is 45.6 Å². The number of nitrogens with one attached hydrogen (secondary N) is 1. The third-order valence-corrected chi connectivity index (χ3v) is 3.97. The number of aryl methyl sites for hydroxylation is 2. The summed E-state index contributed by atoms with van der Waals surface area (Å²) >= 11 is 3.45. The van der Waals surface area contributed by atoms with Crippen molar-refractivity contribution in [1.82, 2.24) is 15.1 Å². The summed E-state index contributed by atoms with van der Waals surface area (Å²) in [6.45, 7) is 4.89. The second-order valence-corrected chi connectivity index (χ2v) is 5.77. The van der Waals surface area contributed by atoms with Gasteiger partial charge < -0.3 is 10.1 Å². The zero-order valence-corrected chi connectivity index (χ0v) is 13.9. The molecule has 4 nitrogen and oxygen atoms in total. The zero-order valence-electron chi connectivity index (χ0n) is 12.3. The van der Waals surface area contributed by atoms with Crippen molar-refractivity contribution in [2.75, 3.05) is 7.11 Å². The van der Waals surface area contributed by atoms with Gasteiger partial charge in [0.1, 0.15) is 0 Å². The van der Waals surface area contributed by atoms with E-state index < -0.39 is 0 Å². The molecule has 0 aliphatic rings. The number of rotatable bonds is 5. The molecule has 0 saturated heterocycles. The van der Waals surface area contributed by atoms with Gasteiger partial charge in [-0.25, -0.2) is 4.68 Å². The van der Waals surface area contributed by atoms with Crippen LogP contribution in [0.2, 0.25) is 0 Å². The Labute approximate surface area is 128 Å². The van der Waals surface area contributed by atoms with Gasteiger partial charge in [-0.1, -0.05) is 28.1 Å². The van der Waals surface area contributed by atoms with Gasteiger partial charge in [0.2, 0.25) is 5.88 Å². The predicted octanol–water partition coefficient (Wildman–Crippen LogP) is 3.35. The molecule has 1 unspecified atom stereocenters. The number of methoxy groups -OCH3 is 1. The van der Waals surface area contributed by atoms with Crippen molar-refractivity contribution >= 4 is 15.9 Å². The van der Waals surface area contributed by atoms with E-state index in [0.717, 1.165) is 28.2 Å². The first-order valence-electron chi connectivity index (χ1n) is 6.58. The number of benzene rings is 1. The molecule has 0 aliphatic heterocycles. The lowest BCUT2D eigenvalue weighted by Gasteiger charge is -2.15. The van der Waals surface area contributed by atoms with E-state index in [9.17, 15) is 0 Å². The summed E-state index contributed by atoms with van der Waals surface area (Å²) in [5.74, 6) is 0.818. The summed E-state index contributed by atoms with van der Waals surface area (Å²) in [7, 11) is 3.57. The molecule has 0 aliphatic carbocycles. The molecule has 0 fully saturated rings. The zero-order chi connectivity index (χ0) is 14.7. The Balaban J connectivity index is 2.07. The Kier molecular flexibility index (Phi) is 4.83. The lowest BCUT2D eigenvalue weighted by atomic mass is 10.1. The number of halogens is 1. The Morgan fingerprint density at radius 2 is 2.00 bits per heavy atom. The largest absolute Gasteiger partial charge is 0.481 e. The Bertz CT molecular complexity index is 578. The highest BCUT2D eigenvalue weighted by Crippen LogP contribution is 2.22. The molecule has 1 N–H and O–H groups in total. The van der Waals surface area contributed by atoms with Gasteiger partial charge in [-0.15, -0.1) is 0 Å². The first-order chi connectivity index (χ1) is 9.52. The fourth-order valence-corrected chi connectivity index (χ4v) is 2.53. The minimum atomic E-state index is 0.271. The number of hydrogen-bond donors (Lipinski definition) is 1. The van der Waals surface area contributed by atoms with Crippen molar-refractivity contribution in [3.8, 4) is 5.88 Å². The Hall–Kier alpha value is -1.33. The highest BCUT2D eigenvalue weighted by Gasteiger charge is 2.14. The number of ether oxygens (including phenoxy) is 1. The van der Waals surface area contributed by atoms with Crippen molar-refractivity contribution < 1.29 is 4.74 Å². The minimum absolute atomic E-state index is 0.271. The second kappa shape index (κ2) is 6.41. The molecule has 0 bridgehead atoms. The highest BCUT2D eigenvalue weighted by atomic mass is 79.9.